The van der Waals surface area contributed by atoms with Crippen molar-refractivity contribution in [2.45, 2.75) is 26.0 Å². The molecule has 0 spiro atoms. The number of morpholine rings is 1. The lowest BCUT2D eigenvalue weighted by molar-refractivity contribution is -0.124. The first-order valence-corrected chi connectivity index (χ1v) is 10.9. The topological polar surface area (TPSA) is 103 Å². The van der Waals surface area contributed by atoms with Crippen molar-refractivity contribution in [2.24, 2.45) is 5.92 Å². The Morgan fingerprint density at radius 1 is 1.41 bits per heavy atom. The van der Waals surface area contributed by atoms with E-state index >= 15 is 0 Å². The van der Waals surface area contributed by atoms with Crippen LogP contribution in [0.3, 0.4) is 0 Å². The number of hydrogen-bond donors (Lipinski definition) is 4. The Morgan fingerprint density at radius 3 is 2.91 bits per heavy atom. The van der Waals surface area contributed by atoms with Crippen LogP contribution in [-0.2, 0) is 14.3 Å². The zero-order valence-corrected chi connectivity index (χ0v) is 18.3. The molecule has 3 heterocycles. The highest BCUT2D eigenvalue weighted by Crippen LogP contribution is 2.35. The Balaban J connectivity index is 1.43. The first kappa shape index (κ1) is 22.4. The number of rotatable bonds is 6. The lowest BCUT2D eigenvalue weighted by Gasteiger charge is -2.28. The van der Waals surface area contributed by atoms with Crippen molar-refractivity contribution in [1.82, 2.24) is 15.5 Å². The summed E-state index contributed by atoms with van der Waals surface area (Å²) in [6.45, 7) is 7.24. The number of aliphatic hydroxyl groups excluding tert-OH is 1. The molecule has 1 aromatic carbocycles. The van der Waals surface area contributed by atoms with Gasteiger partial charge in [0.25, 0.3) is 5.91 Å². The average Bonchev–Trinajstić information content (AvgIpc) is 3.22. The van der Waals surface area contributed by atoms with Crippen LogP contribution in [0.2, 0.25) is 0 Å². The van der Waals surface area contributed by atoms with E-state index in [9.17, 15) is 19.1 Å². The highest BCUT2D eigenvalue weighted by Gasteiger charge is 2.35. The van der Waals surface area contributed by atoms with E-state index in [4.69, 9.17) is 4.74 Å². The molecule has 172 valence electrons. The number of hydrogen-bond acceptors (Lipinski definition) is 6. The number of aliphatic hydroxyl groups is 1. The Bertz CT molecular complexity index is 971. The number of allylic oxidation sites excluding steroid dienone is 1. The number of ether oxygens (including phenoxy) is 1. The molecule has 4 rings (SSSR count). The van der Waals surface area contributed by atoms with Crippen molar-refractivity contribution >= 4 is 23.1 Å². The van der Waals surface area contributed by atoms with E-state index in [2.05, 4.69) is 20.9 Å². The van der Waals surface area contributed by atoms with Gasteiger partial charge in [-0.3, -0.25) is 14.5 Å². The lowest BCUT2D eigenvalue weighted by Crippen LogP contribution is -2.46. The summed E-state index contributed by atoms with van der Waals surface area (Å²) >= 11 is 0. The minimum Gasteiger partial charge on any atom is -0.390 e. The second kappa shape index (κ2) is 9.40. The van der Waals surface area contributed by atoms with Crippen LogP contribution in [0.15, 0.2) is 35.5 Å². The van der Waals surface area contributed by atoms with Gasteiger partial charge in [0, 0.05) is 49.2 Å². The quantitative estimate of drug-likeness (QED) is 0.486. The molecule has 1 aromatic rings. The van der Waals surface area contributed by atoms with Crippen LogP contribution in [0.5, 0.6) is 0 Å². The molecule has 3 aliphatic rings. The maximum absolute atomic E-state index is 13.7. The van der Waals surface area contributed by atoms with Crippen LogP contribution >= 0.6 is 0 Å². The first-order chi connectivity index (χ1) is 15.3. The number of carbonyl (C=O) groups is 2. The van der Waals surface area contributed by atoms with Gasteiger partial charge in [0.05, 0.1) is 30.8 Å². The molecule has 3 aliphatic heterocycles. The molecule has 0 bridgehead atoms. The maximum Gasteiger partial charge on any atom is 0.256 e. The molecule has 8 nitrogen and oxygen atoms in total. The molecule has 0 saturated carbocycles. The largest absolute Gasteiger partial charge is 0.390 e. The molecule has 2 unspecified atom stereocenters. The van der Waals surface area contributed by atoms with Crippen LogP contribution in [0, 0.1) is 11.7 Å². The number of amides is 2. The third-order valence-electron chi connectivity index (χ3n) is 6.19. The lowest BCUT2D eigenvalue weighted by atomic mass is 9.95. The number of anilines is 1. The summed E-state index contributed by atoms with van der Waals surface area (Å²) in [6, 6.07) is 3.98. The van der Waals surface area contributed by atoms with Crippen LogP contribution in [0.4, 0.5) is 10.1 Å². The van der Waals surface area contributed by atoms with Crippen molar-refractivity contribution in [1.29, 1.82) is 0 Å². The number of nitrogens with zero attached hydrogens (tertiary/aromatic N) is 1. The summed E-state index contributed by atoms with van der Waals surface area (Å²) in [5.41, 5.74) is 2.89. The van der Waals surface area contributed by atoms with Crippen molar-refractivity contribution in [3.8, 4) is 0 Å². The van der Waals surface area contributed by atoms with Gasteiger partial charge in [-0.2, -0.15) is 0 Å². The van der Waals surface area contributed by atoms with Crippen LogP contribution < -0.4 is 16.0 Å². The van der Waals surface area contributed by atoms with Gasteiger partial charge in [0.1, 0.15) is 5.82 Å². The van der Waals surface area contributed by atoms with Gasteiger partial charge in [-0.25, -0.2) is 4.39 Å². The Labute approximate surface area is 186 Å². The highest BCUT2D eigenvalue weighted by molar-refractivity contribution is 6.31. The van der Waals surface area contributed by atoms with Gasteiger partial charge in [-0.15, -0.1) is 0 Å². The molecule has 3 atom stereocenters. The van der Waals surface area contributed by atoms with Crippen LogP contribution in [0.25, 0.3) is 5.57 Å². The predicted octanol–water partition coefficient (Wildman–Crippen LogP) is 0.852. The van der Waals surface area contributed by atoms with Crippen molar-refractivity contribution < 1.29 is 23.8 Å². The molecule has 0 radical (unpaired) electrons. The monoisotopic (exact) mass is 444 g/mol. The summed E-state index contributed by atoms with van der Waals surface area (Å²) in [6.07, 6.45) is 1.01. The molecule has 9 heteroatoms. The van der Waals surface area contributed by atoms with E-state index < -0.39 is 17.8 Å². The summed E-state index contributed by atoms with van der Waals surface area (Å²) in [5, 5.41) is 19.1. The van der Waals surface area contributed by atoms with Gasteiger partial charge in [-0.1, -0.05) is 0 Å². The summed E-state index contributed by atoms with van der Waals surface area (Å²) in [5.74, 6) is -1.34. The van der Waals surface area contributed by atoms with Gasteiger partial charge in [-0.05, 0) is 43.7 Å². The first-order valence-electron chi connectivity index (χ1n) is 10.9. The Kier molecular flexibility index (Phi) is 6.59. The number of benzene rings is 1. The normalized spacial score (nSPS) is 25.5. The third kappa shape index (κ3) is 4.69. The molecular formula is C23H29FN4O4. The summed E-state index contributed by atoms with van der Waals surface area (Å²) < 4.78 is 19.0. The zero-order chi connectivity index (χ0) is 22.8. The van der Waals surface area contributed by atoms with E-state index in [1.54, 1.807) is 6.08 Å². The number of carbonyl (C=O) groups excluding carboxylic acids is 2. The van der Waals surface area contributed by atoms with E-state index in [0.29, 0.717) is 42.3 Å². The second-order valence-corrected chi connectivity index (χ2v) is 8.52. The maximum atomic E-state index is 13.7. The molecule has 2 amide bonds. The summed E-state index contributed by atoms with van der Waals surface area (Å²) in [4.78, 5) is 27.4. The fourth-order valence-electron chi connectivity index (χ4n) is 4.49. The van der Waals surface area contributed by atoms with E-state index in [1.807, 2.05) is 13.8 Å². The van der Waals surface area contributed by atoms with E-state index in [-0.39, 0.29) is 24.4 Å². The summed E-state index contributed by atoms with van der Waals surface area (Å²) in [7, 11) is 0. The van der Waals surface area contributed by atoms with Crippen molar-refractivity contribution in [3.05, 3.63) is 46.9 Å². The number of β-amino-alcohol motifs (C(OH)–C–C–N with tert-alkyl or cyclic N) is 1. The SMILES string of the molecule is CC1=C(/C=C2\C(=O)Nc3ccc(F)cc32)NC(C)C1C(=O)NC[C@H](O)CN1CCOCC1. The minimum absolute atomic E-state index is 0.165. The van der Waals surface area contributed by atoms with Gasteiger partial charge in [0.15, 0.2) is 0 Å². The average molecular weight is 445 g/mol. The second-order valence-electron chi connectivity index (χ2n) is 8.52. The highest BCUT2D eigenvalue weighted by atomic mass is 19.1. The van der Waals surface area contributed by atoms with Crippen molar-refractivity contribution in [3.63, 3.8) is 0 Å². The fourth-order valence-corrected chi connectivity index (χ4v) is 4.49. The minimum atomic E-state index is -0.666. The molecule has 4 N–H and O–H groups in total. The van der Waals surface area contributed by atoms with Crippen molar-refractivity contribution in [2.75, 3.05) is 44.7 Å². The van der Waals surface area contributed by atoms with Gasteiger partial charge < -0.3 is 25.8 Å². The number of fused-ring (bicyclic) bond motifs is 1. The molecule has 0 aliphatic carbocycles. The number of nitrogens with one attached hydrogen (secondary N) is 3. The smallest absolute Gasteiger partial charge is 0.256 e. The van der Waals surface area contributed by atoms with Gasteiger partial charge >= 0.3 is 0 Å². The number of halogens is 1. The van der Waals surface area contributed by atoms with Crippen LogP contribution in [0.1, 0.15) is 19.4 Å². The molecule has 32 heavy (non-hydrogen) atoms. The van der Waals surface area contributed by atoms with Gasteiger partial charge in [0.2, 0.25) is 5.91 Å². The van der Waals surface area contributed by atoms with E-state index in [1.165, 1.54) is 18.2 Å². The zero-order valence-electron chi connectivity index (χ0n) is 18.3. The Hall–Kier alpha value is -2.75. The molecule has 1 fully saturated rings. The fraction of sp³-hybridized carbons (Fsp3) is 0.478. The van der Waals surface area contributed by atoms with E-state index in [0.717, 1.165) is 18.7 Å². The van der Waals surface area contributed by atoms with Crippen LogP contribution in [-0.4, -0.2) is 73.4 Å². The molecule has 0 aromatic heterocycles. The third-order valence-corrected chi connectivity index (χ3v) is 6.19. The predicted molar refractivity (Wildman–Crippen MR) is 118 cm³/mol. The Morgan fingerprint density at radius 2 is 2.16 bits per heavy atom. The molecule has 1 saturated heterocycles. The molecular weight excluding hydrogens is 415 g/mol. The standard InChI is InChI=1S/C23H29FN4O4/c1-13-20(10-18-17-9-15(24)3-4-19(17)27-22(18)30)26-14(2)21(13)23(31)25-11-16(29)12-28-5-7-32-8-6-28/h3-4,9-10,14,16,21,26,29H,5-8,11-12H2,1-2H3,(H,25,31)(H,27,30)/b18-10-/t14?,16-,21?/m0/s1.